The average Bonchev–Trinajstić information content (AvgIpc) is 2.67. The molecule has 0 saturated carbocycles. The molecule has 72 valence electrons. The zero-order valence-corrected chi connectivity index (χ0v) is 7.88. The van der Waals surface area contributed by atoms with Crippen LogP contribution in [0.5, 0.6) is 5.75 Å². The molecule has 2 heterocycles. The number of furan rings is 1. The second-order valence-electron chi connectivity index (χ2n) is 3.36. The predicted octanol–water partition coefficient (Wildman–Crippen LogP) is 2.10. The van der Waals surface area contributed by atoms with Gasteiger partial charge < -0.3 is 14.5 Å². The van der Waals surface area contributed by atoms with Crippen LogP contribution in [-0.2, 0) is 0 Å². The summed E-state index contributed by atoms with van der Waals surface area (Å²) in [7, 11) is 1.68. The first kappa shape index (κ1) is 8.63. The fourth-order valence-electron chi connectivity index (χ4n) is 1.81. The number of hydrogen-bond donors (Lipinski definition) is 1. The third-order valence-electron chi connectivity index (χ3n) is 2.50. The second-order valence-corrected chi connectivity index (χ2v) is 3.36. The van der Waals surface area contributed by atoms with Gasteiger partial charge in [-0.3, -0.25) is 0 Å². The molecule has 1 fully saturated rings. The molecular formula is C10H15NO2. The number of nitrogens with one attached hydrogen (secondary N) is 1. The van der Waals surface area contributed by atoms with Crippen molar-refractivity contribution < 1.29 is 9.15 Å². The Labute approximate surface area is 78.1 Å². The molecule has 2 rings (SSSR count). The summed E-state index contributed by atoms with van der Waals surface area (Å²) < 4.78 is 10.6. The Bertz CT molecular complexity index is 264. The van der Waals surface area contributed by atoms with Crippen molar-refractivity contribution in [3.8, 4) is 5.75 Å². The molecule has 0 aromatic carbocycles. The van der Waals surface area contributed by atoms with Gasteiger partial charge in [-0.2, -0.15) is 0 Å². The highest BCUT2D eigenvalue weighted by molar-refractivity contribution is 5.27. The predicted molar refractivity (Wildman–Crippen MR) is 49.9 cm³/mol. The van der Waals surface area contributed by atoms with Crippen molar-refractivity contribution in [3.05, 3.63) is 18.1 Å². The molecule has 0 spiro atoms. The largest absolute Gasteiger partial charge is 0.493 e. The van der Waals surface area contributed by atoms with Crippen molar-refractivity contribution in [2.24, 2.45) is 0 Å². The molecule has 1 aliphatic heterocycles. The highest BCUT2D eigenvalue weighted by Gasteiger charge is 2.21. The van der Waals surface area contributed by atoms with Gasteiger partial charge >= 0.3 is 0 Å². The molecule has 1 aromatic heterocycles. The van der Waals surface area contributed by atoms with Crippen molar-refractivity contribution in [1.82, 2.24) is 5.32 Å². The average molecular weight is 181 g/mol. The maximum Gasteiger partial charge on any atom is 0.162 e. The first-order valence-electron chi connectivity index (χ1n) is 4.76. The van der Waals surface area contributed by atoms with E-state index in [9.17, 15) is 0 Å². The summed E-state index contributed by atoms with van der Waals surface area (Å²) in [6.45, 7) is 1.08. The lowest BCUT2D eigenvalue weighted by Gasteiger charge is -2.21. The van der Waals surface area contributed by atoms with Crippen LogP contribution in [-0.4, -0.2) is 13.7 Å². The molecule has 0 unspecified atom stereocenters. The molecule has 1 atom stereocenters. The van der Waals surface area contributed by atoms with E-state index in [-0.39, 0.29) is 0 Å². The minimum atomic E-state index is 0.346. The van der Waals surface area contributed by atoms with Crippen LogP contribution in [0.2, 0.25) is 0 Å². The summed E-state index contributed by atoms with van der Waals surface area (Å²) in [4.78, 5) is 0. The van der Waals surface area contributed by atoms with Crippen molar-refractivity contribution in [3.63, 3.8) is 0 Å². The van der Waals surface area contributed by atoms with Gasteiger partial charge in [0.1, 0.15) is 0 Å². The Hall–Kier alpha value is -0.960. The molecule has 1 N–H and O–H groups in total. The molecule has 13 heavy (non-hydrogen) atoms. The summed E-state index contributed by atoms with van der Waals surface area (Å²) in [6.07, 6.45) is 5.36. The minimum absolute atomic E-state index is 0.346. The zero-order valence-electron chi connectivity index (χ0n) is 7.88. The van der Waals surface area contributed by atoms with Crippen molar-refractivity contribution in [2.45, 2.75) is 25.3 Å². The van der Waals surface area contributed by atoms with Crippen LogP contribution in [0.4, 0.5) is 0 Å². The highest BCUT2D eigenvalue weighted by Crippen LogP contribution is 2.30. The molecule has 1 saturated heterocycles. The molecule has 0 bridgehead atoms. The van der Waals surface area contributed by atoms with Gasteiger partial charge in [-0.25, -0.2) is 0 Å². The highest BCUT2D eigenvalue weighted by atomic mass is 16.5. The number of rotatable bonds is 2. The molecule has 1 aliphatic rings. The van der Waals surface area contributed by atoms with Crippen LogP contribution in [0.25, 0.3) is 0 Å². The maximum absolute atomic E-state index is 5.41. The smallest absolute Gasteiger partial charge is 0.162 e. The zero-order chi connectivity index (χ0) is 9.10. The third-order valence-corrected chi connectivity index (χ3v) is 2.50. The lowest BCUT2D eigenvalue weighted by molar-refractivity contribution is 0.322. The number of ether oxygens (including phenoxy) is 1. The van der Waals surface area contributed by atoms with Gasteiger partial charge in [0, 0.05) is 6.07 Å². The second kappa shape index (κ2) is 3.83. The lowest BCUT2D eigenvalue weighted by Crippen LogP contribution is -2.26. The molecular weight excluding hydrogens is 166 g/mol. The maximum atomic E-state index is 5.41. The Morgan fingerprint density at radius 2 is 2.46 bits per heavy atom. The molecule has 0 amide bonds. The lowest BCUT2D eigenvalue weighted by atomic mass is 10.0. The van der Waals surface area contributed by atoms with Crippen molar-refractivity contribution in [1.29, 1.82) is 0 Å². The molecule has 0 radical (unpaired) electrons. The van der Waals surface area contributed by atoms with Crippen LogP contribution in [0.1, 0.15) is 31.1 Å². The first-order valence-corrected chi connectivity index (χ1v) is 4.76. The van der Waals surface area contributed by atoms with Gasteiger partial charge in [0.05, 0.1) is 19.4 Å². The Morgan fingerprint density at radius 1 is 1.54 bits per heavy atom. The van der Waals surface area contributed by atoms with E-state index in [2.05, 4.69) is 5.32 Å². The molecule has 1 aromatic rings. The first-order chi connectivity index (χ1) is 6.42. The van der Waals surface area contributed by atoms with E-state index < -0.39 is 0 Å². The number of hydrogen-bond acceptors (Lipinski definition) is 3. The van der Waals surface area contributed by atoms with E-state index in [1.54, 1.807) is 13.4 Å². The van der Waals surface area contributed by atoms with Gasteiger partial charge in [-0.15, -0.1) is 0 Å². The molecule has 3 heteroatoms. The summed E-state index contributed by atoms with van der Waals surface area (Å²) in [5.41, 5.74) is 0. The van der Waals surface area contributed by atoms with Gasteiger partial charge in [0.15, 0.2) is 11.5 Å². The van der Waals surface area contributed by atoms with E-state index in [0.717, 1.165) is 24.5 Å². The van der Waals surface area contributed by atoms with Crippen LogP contribution < -0.4 is 10.1 Å². The topological polar surface area (TPSA) is 34.4 Å². The fourth-order valence-corrected chi connectivity index (χ4v) is 1.81. The third kappa shape index (κ3) is 1.70. The molecule has 0 aliphatic carbocycles. The van der Waals surface area contributed by atoms with E-state index in [4.69, 9.17) is 9.15 Å². The quantitative estimate of drug-likeness (QED) is 0.758. The number of methoxy groups -OCH3 is 1. The number of piperidine rings is 1. The standard InChI is InChI=1S/C10H15NO2/c1-12-9-5-7-13-10(9)8-4-2-3-6-11-8/h5,7-8,11H,2-4,6H2,1H3/t8-/m1/s1. The van der Waals surface area contributed by atoms with Gasteiger partial charge in [-0.1, -0.05) is 6.42 Å². The Balaban J connectivity index is 2.13. The van der Waals surface area contributed by atoms with Gasteiger partial charge in [0.25, 0.3) is 0 Å². The summed E-state index contributed by atoms with van der Waals surface area (Å²) in [6, 6.07) is 2.21. The van der Waals surface area contributed by atoms with Gasteiger partial charge in [0.2, 0.25) is 0 Å². The summed E-state index contributed by atoms with van der Waals surface area (Å²) in [5.74, 6) is 1.81. The monoisotopic (exact) mass is 181 g/mol. The fraction of sp³-hybridized carbons (Fsp3) is 0.600. The minimum Gasteiger partial charge on any atom is -0.493 e. The SMILES string of the molecule is COc1ccoc1[C@H]1CCCCN1. The summed E-state index contributed by atoms with van der Waals surface area (Å²) >= 11 is 0. The van der Waals surface area contributed by atoms with Crippen LogP contribution in [0, 0.1) is 0 Å². The van der Waals surface area contributed by atoms with Crippen LogP contribution >= 0.6 is 0 Å². The molecule has 3 nitrogen and oxygen atoms in total. The Morgan fingerprint density at radius 3 is 3.15 bits per heavy atom. The normalized spacial score (nSPS) is 23.0. The summed E-state index contributed by atoms with van der Waals surface area (Å²) in [5, 5.41) is 3.42. The van der Waals surface area contributed by atoms with Gasteiger partial charge in [-0.05, 0) is 19.4 Å². The van der Waals surface area contributed by atoms with Crippen LogP contribution in [0.15, 0.2) is 16.7 Å². The van der Waals surface area contributed by atoms with E-state index >= 15 is 0 Å². The van der Waals surface area contributed by atoms with E-state index in [1.165, 1.54) is 12.8 Å². The van der Waals surface area contributed by atoms with Crippen molar-refractivity contribution >= 4 is 0 Å². The van der Waals surface area contributed by atoms with Crippen LogP contribution in [0.3, 0.4) is 0 Å². The van der Waals surface area contributed by atoms with E-state index in [0.29, 0.717) is 6.04 Å². The Kier molecular flexibility index (Phi) is 2.54. The van der Waals surface area contributed by atoms with E-state index in [1.807, 2.05) is 6.07 Å². The van der Waals surface area contributed by atoms with Crippen molar-refractivity contribution in [2.75, 3.05) is 13.7 Å².